The molecular weight excluding hydrogens is 338 g/mol. The number of hydrogen-bond acceptors (Lipinski definition) is 1. The Morgan fingerprint density at radius 3 is 2.55 bits per heavy atom. The second-order valence-electron chi connectivity index (χ2n) is 4.74. The summed E-state index contributed by atoms with van der Waals surface area (Å²) in [6.45, 7) is 2.56. The van der Waals surface area contributed by atoms with Crippen molar-refractivity contribution in [2.24, 2.45) is 0 Å². The van der Waals surface area contributed by atoms with Crippen LogP contribution >= 0.6 is 15.9 Å². The monoisotopic (exact) mass is 355 g/mol. The fourth-order valence-electron chi connectivity index (χ4n) is 1.92. The lowest BCUT2D eigenvalue weighted by Gasteiger charge is -2.20. The van der Waals surface area contributed by atoms with Gasteiger partial charge in [-0.2, -0.15) is 13.2 Å². The summed E-state index contributed by atoms with van der Waals surface area (Å²) in [6.07, 6.45) is -3.99. The molecule has 0 spiro atoms. The first-order valence-electron chi connectivity index (χ1n) is 6.56. The first-order valence-corrected chi connectivity index (χ1v) is 7.35. The van der Waals surface area contributed by atoms with Gasteiger partial charge >= 0.3 is 6.18 Å². The van der Waals surface area contributed by atoms with Crippen molar-refractivity contribution in [2.45, 2.75) is 44.8 Å². The van der Waals surface area contributed by atoms with Gasteiger partial charge in [-0.3, -0.25) is 0 Å². The highest BCUT2D eigenvalue weighted by molar-refractivity contribution is 9.10. The van der Waals surface area contributed by atoms with E-state index in [2.05, 4.69) is 21.2 Å². The third-order valence-corrected chi connectivity index (χ3v) is 3.43. The summed E-state index contributed by atoms with van der Waals surface area (Å²) in [7, 11) is 0. The Kier molecular flexibility index (Phi) is 6.95. The smallest absolute Gasteiger partial charge is 0.314 e. The number of nitrogens with one attached hydrogen (secondary N) is 1. The lowest BCUT2D eigenvalue weighted by Crippen LogP contribution is -2.33. The van der Waals surface area contributed by atoms with Crippen molar-refractivity contribution >= 4 is 15.9 Å². The minimum atomic E-state index is -4.18. The third kappa shape index (κ3) is 6.70. The molecule has 1 unspecified atom stereocenters. The molecule has 0 bridgehead atoms. The van der Waals surface area contributed by atoms with Crippen LogP contribution in [-0.4, -0.2) is 18.8 Å². The summed E-state index contributed by atoms with van der Waals surface area (Å²) < 4.78 is 51.2. The second kappa shape index (κ2) is 7.98. The van der Waals surface area contributed by atoms with Gasteiger partial charge in [-0.15, -0.1) is 0 Å². The molecule has 1 atom stereocenters. The molecule has 6 heteroatoms. The molecule has 0 amide bonds. The predicted octanol–water partition coefficient (Wildman–Crippen LogP) is 4.84. The van der Waals surface area contributed by atoms with Crippen LogP contribution in [0.5, 0.6) is 0 Å². The molecule has 1 aromatic carbocycles. The normalized spacial score (nSPS) is 13.5. The Bertz CT molecular complexity index is 420. The van der Waals surface area contributed by atoms with Crippen molar-refractivity contribution in [3.05, 3.63) is 34.1 Å². The minimum Gasteiger partial charge on any atom is -0.314 e. The molecular formula is C14H18BrF4N. The highest BCUT2D eigenvalue weighted by atomic mass is 79.9. The molecule has 1 aromatic rings. The van der Waals surface area contributed by atoms with E-state index in [9.17, 15) is 17.6 Å². The lowest BCUT2D eigenvalue weighted by atomic mass is 10.0. The van der Waals surface area contributed by atoms with Crippen LogP contribution in [0.1, 0.15) is 31.7 Å². The number of benzene rings is 1. The molecule has 1 nitrogen and oxygen atoms in total. The van der Waals surface area contributed by atoms with Crippen molar-refractivity contribution in [1.29, 1.82) is 0 Å². The van der Waals surface area contributed by atoms with E-state index in [0.29, 0.717) is 16.6 Å². The van der Waals surface area contributed by atoms with E-state index in [1.165, 1.54) is 6.07 Å². The Balaban J connectivity index is 2.67. The van der Waals surface area contributed by atoms with E-state index in [-0.39, 0.29) is 18.9 Å². The summed E-state index contributed by atoms with van der Waals surface area (Å²) in [5, 5.41) is 3.05. The molecule has 20 heavy (non-hydrogen) atoms. The van der Waals surface area contributed by atoms with Crippen molar-refractivity contribution in [3.8, 4) is 0 Å². The molecule has 0 aliphatic carbocycles. The van der Waals surface area contributed by atoms with Gasteiger partial charge in [0.2, 0.25) is 0 Å². The van der Waals surface area contributed by atoms with Crippen LogP contribution in [0, 0.1) is 5.82 Å². The minimum absolute atomic E-state index is 0.0427. The van der Waals surface area contributed by atoms with E-state index < -0.39 is 18.4 Å². The highest BCUT2D eigenvalue weighted by Gasteiger charge is 2.28. The largest absolute Gasteiger partial charge is 0.389 e. The summed E-state index contributed by atoms with van der Waals surface area (Å²) in [5.74, 6) is -0.394. The predicted molar refractivity (Wildman–Crippen MR) is 75.2 cm³/mol. The zero-order chi connectivity index (χ0) is 15.2. The van der Waals surface area contributed by atoms with Crippen LogP contribution in [0.4, 0.5) is 17.6 Å². The van der Waals surface area contributed by atoms with Crippen molar-refractivity contribution < 1.29 is 17.6 Å². The molecule has 0 fully saturated rings. The molecule has 0 saturated carbocycles. The van der Waals surface area contributed by atoms with Crippen LogP contribution in [0.15, 0.2) is 22.7 Å². The van der Waals surface area contributed by atoms with E-state index >= 15 is 0 Å². The van der Waals surface area contributed by atoms with Crippen LogP contribution in [0.3, 0.4) is 0 Å². The van der Waals surface area contributed by atoms with Crippen LogP contribution in [-0.2, 0) is 6.42 Å². The summed E-state index contributed by atoms with van der Waals surface area (Å²) in [4.78, 5) is 0. The summed E-state index contributed by atoms with van der Waals surface area (Å²) in [5.41, 5.74) is 0.434. The second-order valence-corrected chi connectivity index (χ2v) is 5.66. The summed E-state index contributed by atoms with van der Waals surface area (Å²) in [6, 6.07) is 4.26. The molecule has 0 aliphatic heterocycles. The maximum atomic E-state index is 13.7. The first kappa shape index (κ1) is 17.4. The van der Waals surface area contributed by atoms with Gasteiger partial charge in [0.05, 0.1) is 0 Å². The van der Waals surface area contributed by atoms with Gasteiger partial charge in [0, 0.05) is 16.9 Å². The first-order chi connectivity index (χ1) is 9.31. The zero-order valence-corrected chi connectivity index (χ0v) is 12.8. The Hall–Kier alpha value is -0.620. The van der Waals surface area contributed by atoms with Gasteiger partial charge in [0.25, 0.3) is 0 Å². The number of halogens is 5. The Morgan fingerprint density at radius 1 is 1.30 bits per heavy atom. The van der Waals surface area contributed by atoms with Crippen molar-refractivity contribution in [2.75, 3.05) is 6.54 Å². The van der Waals surface area contributed by atoms with Gasteiger partial charge in [-0.05, 0) is 43.5 Å². The molecule has 0 heterocycles. The molecule has 1 rings (SSSR count). The van der Waals surface area contributed by atoms with Gasteiger partial charge < -0.3 is 5.32 Å². The number of hydrogen-bond donors (Lipinski definition) is 1. The van der Waals surface area contributed by atoms with E-state index in [0.717, 1.165) is 6.42 Å². The zero-order valence-electron chi connectivity index (χ0n) is 11.2. The molecule has 0 aromatic heterocycles. The van der Waals surface area contributed by atoms with Crippen LogP contribution in [0.25, 0.3) is 0 Å². The van der Waals surface area contributed by atoms with E-state index in [1.54, 1.807) is 12.1 Å². The molecule has 1 N–H and O–H groups in total. The maximum absolute atomic E-state index is 13.7. The van der Waals surface area contributed by atoms with E-state index in [4.69, 9.17) is 0 Å². The van der Waals surface area contributed by atoms with E-state index in [1.807, 2.05) is 6.92 Å². The summed E-state index contributed by atoms with van der Waals surface area (Å²) >= 11 is 3.16. The van der Waals surface area contributed by atoms with Crippen molar-refractivity contribution in [3.63, 3.8) is 0 Å². The van der Waals surface area contributed by atoms with Crippen LogP contribution in [0.2, 0.25) is 0 Å². The molecule has 0 aliphatic rings. The van der Waals surface area contributed by atoms with Gasteiger partial charge in [0.1, 0.15) is 5.82 Å². The number of rotatable bonds is 7. The maximum Gasteiger partial charge on any atom is 0.389 e. The quantitative estimate of drug-likeness (QED) is 0.690. The molecule has 0 saturated heterocycles. The van der Waals surface area contributed by atoms with Crippen LogP contribution < -0.4 is 5.32 Å². The van der Waals surface area contributed by atoms with Gasteiger partial charge in [-0.25, -0.2) is 4.39 Å². The standard InChI is InChI=1S/C14H18BrF4N/c1-2-7-20-12(5-6-14(17,18)19)8-10-3-4-11(15)9-13(10)16/h3-4,9,12,20H,2,5-8H2,1H3. The average molecular weight is 356 g/mol. The fraction of sp³-hybridized carbons (Fsp3) is 0.571. The topological polar surface area (TPSA) is 12.0 Å². The molecule has 0 radical (unpaired) electrons. The van der Waals surface area contributed by atoms with Gasteiger partial charge in [0.15, 0.2) is 0 Å². The highest BCUT2D eigenvalue weighted by Crippen LogP contribution is 2.24. The lowest BCUT2D eigenvalue weighted by molar-refractivity contribution is -0.136. The Labute approximate surface area is 124 Å². The third-order valence-electron chi connectivity index (χ3n) is 2.94. The van der Waals surface area contributed by atoms with Gasteiger partial charge in [-0.1, -0.05) is 28.9 Å². The number of alkyl halides is 3. The SMILES string of the molecule is CCCNC(CCC(F)(F)F)Cc1ccc(Br)cc1F. The average Bonchev–Trinajstić information content (AvgIpc) is 2.34. The fourth-order valence-corrected chi connectivity index (χ4v) is 2.25. The molecule has 114 valence electrons. The Morgan fingerprint density at radius 2 is 2.00 bits per heavy atom. The van der Waals surface area contributed by atoms with Crippen molar-refractivity contribution in [1.82, 2.24) is 5.32 Å².